The summed E-state index contributed by atoms with van der Waals surface area (Å²) in [6.45, 7) is 4.07. The third-order valence-electron chi connectivity index (χ3n) is 5.71. The predicted molar refractivity (Wildman–Crippen MR) is 98.9 cm³/mol. The molecule has 2 aromatic rings. The molecule has 2 heterocycles. The Morgan fingerprint density at radius 2 is 1.96 bits per heavy atom. The minimum absolute atomic E-state index is 0.133. The largest absolute Gasteiger partial charge is 0.493 e. The lowest BCUT2D eigenvalue weighted by molar-refractivity contribution is 0.0727. The molecule has 0 unspecified atom stereocenters. The Labute approximate surface area is 153 Å². The van der Waals surface area contributed by atoms with Crippen molar-refractivity contribution in [2.24, 2.45) is 0 Å². The molecule has 0 saturated heterocycles. The summed E-state index contributed by atoms with van der Waals surface area (Å²) in [6.07, 6.45) is 4.00. The summed E-state index contributed by atoms with van der Waals surface area (Å²) in [5.74, 6) is 2.12. The van der Waals surface area contributed by atoms with E-state index in [0.29, 0.717) is 12.6 Å². The van der Waals surface area contributed by atoms with Gasteiger partial charge in [-0.3, -0.25) is 4.79 Å². The zero-order valence-electron chi connectivity index (χ0n) is 15.1. The molecule has 4 nitrogen and oxygen atoms in total. The Kier molecular flexibility index (Phi) is 3.66. The third-order valence-corrected chi connectivity index (χ3v) is 5.71. The van der Waals surface area contributed by atoms with E-state index in [-0.39, 0.29) is 5.91 Å². The van der Waals surface area contributed by atoms with E-state index in [1.165, 1.54) is 16.7 Å². The van der Waals surface area contributed by atoms with E-state index < -0.39 is 0 Å². The van der Waals surface area contributed by atoms with Gasteiger partial charge in [-0.25, -0.2) is 0 Å². The molecule has 0 bridgehead atoms. The van der Waals surface area contributed by atoms with Gasteiger partial charge < -0.3 is 14.4 Å². The molecule has 134 valence electrons. The second-order valence-electron chi connectivity index (χ2n) is 7.50. The van der Waals surface area contributed by atoms with Crippen molar-refractivity contribution < 1.29 is 14.3 Å². The van der Waals surface area contributed by atoms with E-state index in [0.717, 1.165) is 61.5 Å². The highest BCUT2D eigenvalue weighted by molar-refractivity contribution is 5.96. The highest BCUT2D eigenvalue weighted by Crippen LogP contribution is 2.42. The van der Waals surface area contributed by atoms with Crippen LogP contribution in [0.5, 0.6) is 11.5 Å². The maximum atomic E-state index is 13.3. The first-order valence-corrected chi connectivity index (χ1v) is 9.52. The van der Waals surface area contributed by atoms with Gasteiger partial charge in [-0.1, -0.05) is 18.2 Å². The molecule has 3 aliphatic rings. The fraction of sp³-hybridized carbons (Fsp3) is 0.409. The molecule has 4 heteroatoms. The minimum Gasteiger partial charge on any atom is -0.493 e. The van der Waals surface area contributed by atoms with Crippen LogP contribution in [0.25, 0.3) is 0 Å². The first-order valence-electron chi connectivity index (χ1n) is 9.52. The van der Waals surface area contributed by atoms with Crippen molar-refractivity contribution in [3.8, 4) is 11.5 Å². The van der Waals surface area contributed by atoms with Crippen molar-refractivity contribution in [1.82, 2.24) is 4.90 Å². The molecule has 2 aliphatic heterocycles. The van der Waals surface area contributed by atoms with Gasteiger partial charge in [-0.15, -0.1) is 0 Å². The number of carbonyl (C=O) groups is 1. The Hall–Kier alpha value is -2.49. The van der Waals surface area contributed by atoms with Crippen molar-refractivity contribution >= 4 is 5.91 Å². The summed E-state index contributed by atoms with van der Waals surface area (Å²) in [6, 6.07) is 10.4. The van der Waals surface area contributed by atoms with Crippen LogP contribution in [0.1, 0.15) is 45.5 Å². The number of carbonyl (C=O) groups excluding carboxylic acids is 1. The van der Waals surface area contributed by atoms with Crippen LogP contribution in [0.2, 0.25) is 0 Å². The molecular weight excluding hydrogens is 326 g/mol. The number of aryl methyl sites for hydroxylation is 1. The Morgan fingerprint density at radius 3 is 2.77 bits per heavy atom. The van der Waals surface area contributed by atoms with Crippen LogP contribution in [0.15, 0.2) is 30.3 Å². The number of nitrogens with zero attached hydrogens (tertiary/aromatic N) is 1. The summed E-state index contributed by atoms with van der Waals surface area (Å²) < 4.78 is 11.8. The monoisotopic (exact) mass is 349 g/mol. The average molecular weight is 349 g/mol. The van der Waals surface area contributed by atoms with Gasteiger partial charge in [0.1, 0.15) is 11.5 Å². The summed E-state index contributed by atoms with van der Waals surface area (Å²) in [4.78, 5) is 15.4. The van der Waals surface area contributed by atoms with E-state index >= 15 is 0 Å². The molecule has 0 N–H and O–H groups in total. The maximum absolute atomic E-state index is 13.3. The van der Waals surface area contributed by atoms with Crippen LogP contribution in [-0.2, 0) is 19.4 Å². The molecule has 0 spiro atoms. The maximum Gasteiger partial charge on any atom is 0.254 e. The van der Waals surface area contributed by atoms with E-state index in [1.54, 1.807) is 0 Å². The molecule has 0 radical (unpaired) electrons. The lowest BCUT2D eigenvalue weighted by Crippen LogP contribution is -2.33. The highest BCUT2D eigenvalue weighted by atomic mass is 16.5. The Balaban J connectivity index is 1.53. The first-order chi connectivity index (χ1) is 12.7. The van der Waals surface area contributed by atoms with E-state index in [1.807, 2.05) is 31.2 Å². The average Bonchev–Trinajstić information content (AvgIpc) is 3.18. The van der Waals surface area contributed by atoms with Gasteiger partial charge in [0.05, 0.1) is 19.8 Å². The van der Waals surface area contributed by atoms with E-state index in [2.05, 4.69) is 11.0 Å². The van der Waals surface area contributed by atoms with Crippen LogP contribution < -0.4 is 9.47 Å². The first kappa shape index (κ1) is 15.7. The topological polar surface area (TPSA) is 38.8 Å². The number of fused-ring (bicyclic) bond motifs is 2. The standard InChI is InChI=1S/C22H23NO3/c1-14-4-2-3-5-17(14)22(24)23(16-6-7-16)13-19-18-9-11-25-20(18)12-15-8-10-26-21(15)19/h2-5,12,16H,6-11,13H2,1H3. The van der Waals surface area contributed by atoms with Gasteiger partial charge in [0.15, 0.2) is 0 Å². The SMILES string of the molecule is Cc1ccccc1C(=O)N(Cc1c2c(cc3c1OCC3)OCC2)C1CC1. The van der Waals surface area contributed by atoms with Crippen molar-refractivity contribution in [3.63, 3.8) is 0 Å². The number of hydrogen-bond donors (Lipinski definition) is 0. The molecule has 0 atom stereocenters. The van der Waals surface area contributed by atoms with Crippen LogP contribution in [-0.4, -0.2) is 30.1 Å². The molecule has 2 aromatic carbocycles. The number of hydrogen-bond acceptors (Lipinski definition) is 3. The molecule has 0 aromatic heterocycles. The van der Waals surface area contributed by atoms with Gasteiger partial charge in [0.25, 0.3) is 5.91 Å². The molecular formula is C22H23NO3. The molecule has 1 saturated carbocycles. The zero-order chi connectivity index (χ0) is 17.7. The summed E-state index contributed by atoms with van der Waals surface area (Å²) in [5, 5.41) is 0. The number of ether oxygens (including phenoxy) is 2. The van der Waals surface area contributed by atoms with Crippen molar-refractivity contribution in [2.75, 3.05) is 13.2 Å². The van der Waals surface area contributed by atoms with E-state index in [9.17, 15) is 4.79 Å². The fourth-order valence-corrected chi connectivity index (χ4v) is 4.14. The Morgan fingerprint density at radius 1 is 1.15 bits per heavy atom. The molecule has 5 rings (SSSR count). The van der Waals surface area contributed by atoms with Gasteiger partial charge >= 0.3 is 0 Å². The van der Waals surface area contributed by atoms with Crippen LogP contribution in [0, 0.1) is 6.92 Å². The van der Waals surface area contributed by atoms with Crippen LogP contribution in [0.3, 0.4) is 0 Å². The number of benzene rings is 2. The number of rotatable bonds is 4. The summed E-state index contributed by atoms with van der Waals surface area (Å²) >= 11 is 0. The fourth-order valence-electron chi connectivity index (χ4n) is 4.14. The molecule has 1 amide bonds. The number of amides is 1. The van der Waals surface area contributed by atoms with Crippen molar-refractivity contribution in [3.05, 3.63) is 58.1 Å². The Bertz CT molecular complexity index is 853. The third kappa shape index (κ3) is 2.56. The normalized spacial score (nSPS) is 17.3. The second kappa shape index (κ2) is 6.04. The molecule has 1 aliphatic carbocycles. The quantitative estimate of drug-likeness (QED) is 0.845. The summed E-state index contributed by atoms with van der Waals surface area (Å²) in [5.41, 5.74) is 5.46. The highest BCUT2D eigenvalue weighted by Gasteiger charge is 2.36. The smallest absolute Gasteiger partial charge is 0.254 e. The van der Waals surface area contributed by atoms with Crippen molar-refractivity contribution in [1.29, 1.82) is 0 Å². The minimum atomic E-state index is 0.133. The lowest BCUT2D eigenvalue weighted by atomic mass is 9.98. The lowest BCUT2D eigenvalue weighted by Gasteiger charge is -2.25. The van der Waals surface area contributed by atoms with Gasteiger partial charge in [-0.2, -0.15) is 0 Å². The van der Waals surface area contributed by atoms with E-state index in [4.69, 9.17) is 9.47 Å². The van der Waals surface area contributed by atoms with Gasteiger partial charge in [0.2, 0.25) is 0 Å². The van der Waals surface area contributed by atoms with Gasteiger partial charge in [0, 0.05) is 41.1 Å². The van der Waals surface area contributed by atoms with Crippen LogP contribution >= 0.6 is 0 Å². The van der Waals surface area contributed by atoms with Crippen LogP contribution in [0.4, 0.5) is 0 Å². The molecule has 1 fully saturated rings. The molecule has 26 heavy (non-hydrogen) atoms. The second-order valence-corrected chi connectivity index (χ2v) is 7.50. The summed E-state index contributed by atoms with van der Waals surface area (Å²) in [7, 11) is 0. The van der Waals surface area contributed by atoms with Gasteiger partial charge in [-0.05, 0) is 37.5 Å². The zero-order valence-corrected chi connectivity index (χ0v) is 15.1. The predicted octanol–water partition coefficient (Wildman–Crippen LogP) is 3.67. The van der Waals surface area contributed by atoms with Crippen molar-refractivity contribution in [2.45, 2.75) is 45.2 Å².